The van der Waals surface area contributed by atoms with E-state index < -0.39 is 0 Å². The van der Waals surface area contributed by atoms with Gasteiger partial charge in [0.25, 0.3) is 0 Å². The van der Waals surface area contributed by atoms with Gasteiger partial charge in [-0.25, -0.2) is 14.8 Å². The number of aryl methyl sites for hydroxylation is 1. The Morgan fingerprint density at radius 3 is 2.24 bits per heavy atom. The Morgan fingerprint density at radius 2 is 1.62 bits per heavy atom. The molecule has 0 amide bonds. The second-order valence-electron chi connectivity index (χ2n) is 7.77. The van der Waals surface area contributed by atoms with Gasteiger partial charge in [-0.05, 0) is 56.2 Å². The van der Waals surface area contributed by atoms with E-state index in [0.29, 0.717) is 17.5 Å². The van der Waals surface area contributed by atoms with Crippen LogP contribution in [0.3, 0.4) is 0 Å². The van der Waals surface area contributed by atoms with E-state index in [4.69, 9.17) is 9.47 Å². The van der Waals surface area contributed by atoms with Crippen molar-refractivity contribution < 1.29 is 14.3 Å². The summed E-state index contributed by atoms with van der Waals surface area (Å²) >= 11 is 0. The molecule has 0 aliphatic heterocycles. The lowest BCUT2D eigenvalue weighted by Crippen LogP contribution is -2.28. The monoisotopic (exact) mass is 396 g/mol. The quantitative estimate of drug-likeness (QED) is 0.421. The lowest BCUT2D eigenvalue weighted by Gasteiger charge is -2.28. The largest absolute Gasteiger partial charge is 0.459 e. The Balaban J connectivity index is 1.49. The number of aromatic nitrogens is 2. The molecule has 5 heteroatoms. The van der Waals surface area contributed by atoms with Crippen molar-refractivity contribution in [1.29, 1.82) is 0 Å². The highest BCUT2D eigenvalue weighted by atomic mass is 16.5. The summed E-state index contributed by atoms with van der Waals surface area (Å²) in [5.74, 6) is 0.414. The summed E-state index contributed by atoms with van der Waals surface area (Å²) in [5, 5.41) is 0. The molecule has 0 saturated heterocycles. The fourth-order valence-electron chi connectivity index (χ4n) is 3.61. The Hall–Kier alpha value is -2.27. The van der Waals surface area contributed by atoms with Gasteiger partial charge >= 0.3 is 5.97 Å². The van der Waals surface area contributed by atoms with E-state index in [2.05, 4.69) is 23.8 Å². The minimum Gasteiger partial charge on any atom is -0.459 e. The molecule has 5 nitrogen and oxygen atoms in total. The Labute approximate surface area is 173 Å². The fraction of sp³-hybridized carbons (Fsp3) is 0.542. The second kappa shape index (κ2) is 11.1. The molecule has 1 aromatic heterocycles. The first kappa shape index (κ1) is 21.4. The van der Waals surface area contributed by atoms with E-state index in [0.717, 1.165) is 69.1 Å². The number of nitrogens with zero attached hydrogens (tertiary/aromatic N) is 2. The summed E-state index contributed by atoms with van der Waals surface area (Å²) in [6.07, 6.45) is 12.1. The third-order valence-electron chi connectivity index (χ3n) is 5.37. The zero-order valence-electron chi connectivity index (χ0n) is 17.6. The van der Waals surface area contributed by atoms with E-state index in [1.165, 1.54) is 0 Å². The topological polar surface area (TPSA) is 61.3 Å². The zero-order chi connectivity index (χ0) is 20.5. The molecule has 1 heterocycles. The van der Waals surface area contributed by atoms with Crippen molar-refractivity contribution in [1.82, 2.24) is 9.97 Å². The average Bonchev–Trinajstić information content (AvgIpc) is 2.76. The highest BCUT2D eigenvalue weighted by Gasteiger charge is 2.24. The number of unbranched alkanes of at least 4 members (excludes halogenated alkanes) is 1. The molecule has 0 atom stereocenters. The third-order valence-corrected chi connectivity index (χ3v) is 5.37. The van der Waals surface area contributed by atoms with E-state index >= 15 is 0 Å². The molecule has 0 N–H and O–H groups in total. The van der Waals surface area contributed by atoms with Crippen LogP contribution in [0.25, 0.3) is 11.4 Å². The highest BCUT2D eigenvalue weighted by Crippen LogP contribution is 2.25. The van der Waals surface area contributed by atoms with Crippen LogP contribution in [0.2, 0.25) is 0 Å². The van der Waals surface area contributed by atoms with Crippen molar-refractivity contribution in [3.8, 4) is 11.4 Å². The molecule has 1 aliphatic rings. The molecule has 3 rings (SSSR count). The number of hydrogen-bond donors (Lipinski definition) is 0. The van der Waals surface area contributed by atoms with Crippen LogP contribution in [0.1, 0.15) is 74.7 Å². The van der Waals surface area contributed by atoms with Gasteiger partial charge in [0.05, 0.1) is 11.7 Å². The molecular weight excluding hydrogens is 364 g/mol. The van der Waals surface area contributed by atoms with Gasteiger partial charge in [0.15, 0.2) is 5.82 Å². The minimum absolute atomic E-state index is 0.0114. The predicted molar refractivity (Wildman–Crippen MR) is 114 cm³/mol. The van der Waals surface area contributed by atoms with Crippen molar-refractivity contribution in [2.24, 2.45) is 0 Å². The maximum absolute atomic E-state index is 12.5. The maximum atomic E-state index is 12.5. The first-order chi connectivity index (χ1) is 14.2. The molecule has 1 aliphatic carbocycles. The van der Waals surface area contributed by atoms with Crippen LogP contribution in [0.5, 0.6) is 0 Å². The normalized spacial score (nSPS) is 19.1. The standard InChI is InChI=1S/C24H32N2O3/c1-3-5-15-28-21-11-13-22(14-12-21)29-24(27)20-9-7-19(8-10-20)23-25-16-18(6-4-2)17-26-23/h7-10,16-17,21-22H,3-6,11-15H2,1-2H3. The smallest absolute Gasteiger partial charge is 0.338 e. The van der Waals surface area contributed by atoms with Crippen LogP contribution in [0, 0.1) is 0 Å². The number of esters is 1. The summed E-state index contributed by atoms with van der Waals surface area (Å²) in [6, 6.07) is 7.34. The van der Waals surface area contributed by atoms with Crippen molar-refractivity contribution >= 4 is 5.97 Å². The van der Waals surface area contributed by atoms with Gasteiger partial charge in [0.2, 0.25) is 0 Å². The van der Waals surface area contributed by atoms with Crippen LogP contribution in [-0.4, -0.2) is 34.8 Å². The Kier molecular flexibility index (Phi) is 8.17. The van der Waals surface area contributed by atoms with Crippen molar-refractivity contribution in [2.45, 2.75) is 77.4 Å². The van der Waals surface area contributed by atoms with Crippen molar-refractivity contribution in [3.05, 3.63) is 47.8 Å². The number of ether oxygens (including phenoxy) is 2. The van der Waals surface area contributed by atoms with Gasteiger partial charge in [-0.3, -0.25) is 0 Å². The molecule has 0 bridgehead atoms. The second-order valence-corrected chi connectivity index (χ2v) is 7.77. The molecule has 0 unspecified atom stereocenters. The highest BCUT2D eigenvalue weighted by molar-refractivity contribution is 5.90. The lowest BCUT2D eigenvalue weighted by atomic mass is 9.95. The molecule has 1 saturated carbocycles. The van der Waals surface area contributed by atoms with E-state index in [9.17, 15) is 4.79 Å². The van der Waals surface area contributed by atoms with Crippen molar-refractivity contribution in [2.75, 3.05) is 6.61 Å². The summed E-state index contributed by atoms with van der Waals surface area (Å²) < 4.78 is 11.6. The fourth-order valence-corrected chi connectivity index (χ4v) is 3.61. The predicted octanol–water partition coefficient (Wildman–Crippen LogP) is 5.38. The Morgan fingerprint density at radius 1 is 0.966 bits per heavy atom. The molecule has 0 radical (unpaired) electrons. The third kappa shape index (κ3) is 6.36. The van der Waals surface area contributed by atoms with Crippen LogP contribution in [0.15, 0.2) is 36.7 Å². The first-order valence-electron chi connectivity index (χ1n) is 10.9. The van der Waals surface area contributed by atoms with Crippen molar-refractivity contribution in [3.63, 3.8) is 0 Å². The van der Waals surface area contributed by atoms with Gasteiger partial charge in [-0.2, -0.15) is 0 Å². The van der Waals surface area contributed by atoms with Crippen LogP contribution >= 0.6 is 0 Å². The van der Waals surface area contributed by atoms with Gasteiger partial charge in [-0.15, -0.1) is 0 Å². The number of rotatable bonds is 9. The molecule has 0 spiro atoms. The maximum Gasteiger partial charge on any atom is 0.338 e. The molecule has 1 aromatic carbocycles. The van der Waals surface area contributed by atoms with E-state index in [1.807, 2.05) is 24.5 Å². The minimum atomic E-state index is -0.258. The molecule has 1 fully saturated rings. The van der Waals surface area contributed by atoms with Crippen LogP contribution < -0.4 is 0 Å². The van der Waals surface area contributed by atoms with Crippen LogP contribution in [-0.2, 0) is 15.9 Å². The Bertz CT molecular complexity index is 751. The molecule has 2 aromatic rings. The summed E-state index contributed by atoms with van der Waals surface area (Å²) in [6.45, 7) is 5.14. The van der Waals surface area contributed by atoms with Gasteiger partial charge in [0, 0.05) is 24.6 Å². The summed E-state index contributed by atoms with van der Waals surface area (Å²) in [7, 11) is 0. The zero-order valence-corrected chi connectivity index (χ0v) is 17.6. The molecular formula is C24H32N2O3. The van der Waals surface area contributed by atoms with Gasteiger partial charge in [0.1, 0.15) is 6.10 Å². The summed E-state index contributed by atoms with van der Waals surface area (Å²) in [4.78, 5) is 21.3. The van der Waals surface area contributed by atoms with E-state index in [1.54, 1.807) is 12.1 Å². The van der Waals surface area contributed by atoms with Crippen LogP contribution in [0.4, 0.5) is 0 Å². The van der Waals surface area contributed by atoms with Gasteiger partial charge in [-0.1, -0.05) is 38.8 Å². The SMILES string of the molecule is CCCCOC1CCC(OC(=O)c2ccc(-c3ncc(CCC)cn3)cc2)CC1. The first-order valence-corrected chi connectivity index (χ1v) is 10.9. The number of carbonyl (C=O) groups is 1. The lowest BCUT2D eigenvalue weighted by molar-refractivity contribution is -0.0201. The number of benzene rings is 1. The van der Waals surface area contributed by atoms with E-state index in [-0.39, 0.29) is 12.1 Å². The number of carbonyl (C=O) groups excluding carboxylic acids is 1. The van der Waals surface area contributed by atoms with Gasteiger partial charge < -0.3 is 9.47 Å². The average molecular weight is 397 g/mol. The summed E-state index contributed by atoms with van der Waals surface area (Å²) in [5.41, 5.74) is 2.61. The number of hydrogen-bond acceptors (Lipinski definition) is 5. The molecule has 29 heavy (non-hydrogen) atoms. The molecule has 156 valence electrons.